The van der Waals surface area contributed by atoms with Gasteiger partial charge in [0.1, 0.15) is 5.78 Å². The fourth-order valence-electron chi connectivity index (χ4n) is 1.25. The van der Waals surface area contributed by atoms with Crippen molar-refractivity contribution < 1.29 is 4.79 Å². The van der Waals surface area contributed by atoms with Gasteiger partial charge in [0.05, 0.1) is 0 Å². The maximum absolute atomic E-state index is 11.5. The molecule has 0 saturated heterocycles. The Labute approximate surface area is 94.6 Å². The van der Waals surface area contributed by atoms with Crippen molar-refractivity contribution in [3.05, 3.63) is 0 Å². The second kappa shape index (κ2) is 5.64. The first-order valence-corrected chi connectivity index (χ1v) is 5.92. The number of carbonyl (C=O) groups is 1. The van der Waals surface area contributed by atoms with E-state index in [0.29, 0.717) is 25.2 Å². The standard InChI is InChI=1S/C13H27NO/c1-12(2,3)13(4,5)9-8-11(15)7-6-10-14/h6-10,14H2,1-5H3. The topological polar surface area (TPSA) is 43.1 Å². The molecule has 2 heteroatoms. The average Bonchev–Trinajstić information content (AvgIpc) is 2.09. The molecule has 15 heavy (non-hydrogen) atoms. The monoisotopic (exact) mass is 213 g/mol. The van der Waals surface area contributed by atoms with Crippen molar-refractivity contribution in [3.8, 4) is 0 Å². The first-order chi connectivity index (χ1) is 6.70. The van der Waals surface area contributed by atoms with Gasteiger partial charge in [0.25, 0.3) is 0 Å². The largest absolute Gasteiger partial charge is 0.330 e. The van der Waals surface area contributed by atoms with E-state index in [9.17, 15) is 4.79 Å². The zero-order chi connectivity index (χ0) is 12.1. The third kappa shape index (κ3) is 5.31. The summed E-state index contributed by atoms with van der Waals surface area (Å²) in [7, 11) is 0. The van der Waals surface area contributed by atoms with Crippen molar-refractivity contribution in [1.29, 1.82) is 0 Å². The fourth-order valence-corrected chi connectivity index (χ4v) is 1.25. The minimum absolute atomic E-state index is 0.214. The van der Waals surface area contributed by atoms with Gasteiger partial charge in [-0.2, -0.15) is 0 Å². The van der Waals surface area contributed by atoms with Gasteiger partial charge in [-0.3, -0.25) is 4.79 Å². The maximum Gasteiger partial charge on any atom is 0.132 e. The molecule has 0 aliphatic carbocycles. The Morgan fingerprint density at radius 2 is 1.60 bits per heavy atom. The van der Waals surface area contributed by atoms with Crippen LogP contribution in [0.25, 0.3) is 0 Å². The van der Waals surface area contributed by atoms with E-state index in [-0.39, 0.29) is 10.8 Å². The Morgan fingerprint density at radius 3 is 2.00 bits per heavy atom. The molecule has 0 spiro atoms. The van der Waals surface area contributed by atoms with Gasteiger partial charge in [0, 0.05) is 12.8 Å². The van der Waals surface area contributed by atoms with Crippen LogP contribution in [-0.4, -0.2) is 12.3 Å². The molecule has 0 aliphatic rings. The van der Waals surface area contributed by atoms with Crippen molar-refractivity contribution in [2.75, 3.05) is 6.54 Å². The van der Waals surface area contributed by atoms with E-state index in [1.807, 2.05) is 0 Å². The number of rotatable bonds is 6. The molecule has 0 saturated carbocycles. The van der Waals surface area contributed by atoms with Gasteiger partial charge in [-0.05, 0) is 30.2 Å². The SMILES string of the molecule is CC(C)(C)C(C)(C)CCC(=O)CCCN. The molecule has 0 rings (SSSR count). The maximum atomic E-state index is 11.5. The molecule has 0 aromatic heterocycles. The van der Waals surface area contributed by atoms with Crippen LogP contribution in [0, 0.1) is 10.8 Å². The molecule has 0 fully saturated rings. The summed E-state index contributed by atoms with van der Waals surface area (Å²) in [6, 6.07) is 0. The number of hydrogen-bond donors (Lipinski definition) is 1. The van der Waals surface area contributed by atoms with Crippen LogP contribution in [0.5, 0.6) is 0 Å². The van der Waals surface area contributed by atoms with Crippen LogP contribution < -0.4 is 5.73 Å². The highest BCUT2D eigenvalue weighted by atomic mass is 16.1. The summed E-state index contributed by atoms with van der Waals surface area (Å²) in [4.78, 5) is 11.5. The molecule has 0 unspecified atom stereocenters. The number of hydrogen-bond acceptors (Lipinski definition) is 2. The van der Waals surface area contributed by atoms with Crippen LogP contribution in [0.3, 0.4) is 0 Å². The van der Waals surface area contributed by atoms with E-state index in [4.69, 9.17) is 5.73 Å². The van der Waals surface area contributed by atoms with Crippen molar-refractivity contribution in [2.45, 2.75) is 60.3 Å². The number of nitrogens with two attached hydrogens (primary N) is 1. The van der Waals surface area contributed by atoms with Crippen LogP contribution in [0.2, 0.25) is 0 Å². The molecule has 0 heterocycles. The van der Waals surface area contributed by atoms with Crippen molar-refractivity contribution in [3.63, 3.8) is 0 Å². The summed E-state index contributed by atoms with van der Waals surface area (Å²) < 4.78 is 0. The Balaban J connectivity index is 3.99. The van der Waals surface area contributed by atoms with E-state index >= 15 is 0 Å². The van der Waals surface area contributed by atoms with Gasteiger partial charge < -0.3 is 5.73 Å². The zero-order valence-corrected chi connectivity index (χ0v) is 11.0. The summed E-state index contributed by atoms with van der Waals surface area (Å²) >= 11 is 0. The predicted octanol–water partition coefficient (Wildman–Crippen LogP) is 3.15. The smallest absolute Gasteiger partial charge is 0.132 e. The molecule has 0 aliphatic heterocycles. The molecule has 0 amide bonds. The van der Waals surface area contributed by atoms with Crippen molar-refractivity contribution in [2.24, 2.45) is 16.6 Å². The molecular formula is C13H27NO. The lowest BCUT2D eigenvalue weighted by molar-refractivity contribution is -0.120. The third-order valence-electron chi connectivity index (χ3n) is 3.72. The van der Waals surface area contributed by atoms with E-state index in [2.05, 4.69) is 34.6 Å². The first kappa shape index (κ1) is 14.6. The lowest BCUT2D eigenvalue weighted by Crippen LogP contribution is -2.30. The van der Waals surface area contributed by atoms with E-state index in [1.165, 1.54) is 0 Å². The summed E-state index contributed by atoms with van der Waals surface area (Å²) in [5.41, 5.74) is 5.84. The van der Waals surface area contributed by atoms with Crippen LogP contribution in [-0.2, 0) is 4.79 Å². The molecule has 0 atom stereocenters. The van der Waals surface area contributed by atoms with E-state index in [1.54, 1.807) is 0 Å². The Hall–Kier alpha value is -0.370. The van der Waals surface area contributed by atoms with Gasteiger partial charge in [0.2, 0.25) is 0 Å². The Kier molecular flexibility index (Phi) is 5.50. The molecule has 0 bridgehead atoms. The highest BCUT2D eigenvalue weighted by Crippen LogP contribution is 2.41. The molecule has 0 aromatic carbocycles. The molecule has 0 radical (unpaired) electrons. The van der Waals surface area contributed by atoms with Gasteiger partial charge >= 0.3 is 0 Å². The van der Waals surface area contributed by atoms with Crippen molar-refractivity contribution in [1.82, 2.24) is 0 Å². The second-order valence-electron chi connectivity index (χ2n) is 6.06. The first-order valence-electron chi connectivity index (χ1n) is 5.92. The number of ketones is 1. The minimum atomic E-state index is 0.214. The predicted molar refractivity (Wildman–Crippen MR) is 65.8 cm³/mol. The molecule has 2 N–H and O–H groups in total. The van der Waals surface area contributed by atoms with E-state index < -0.39 is 0 Å². The lowest BCUT2D eigenvalue weighted by atomic mass is 9.66. The summed E-state index contributed by atoms with van der Waals surface area (Å²) in [6.07, 6.45) is 3.15. The fraction of sp³-hybridized carbons (Fsp3) is 0.923. The zero-order valence-electron chi connectivity index (χ0n) is 11.0. The second-order valence-corrected chi connectivity index (χ2v) is 6.06. The summed E-state index contributed by atoms with van der Waals surface area (Å²) in [5.74, 6) is 0.359. The van der Waals surface area contributed by atoms with Gasteiger partial charge in [-0.1, -0.05) is 34.6 Å². The lowest BCUT2D eigenvalue weighted by Gasteiger charge is -2.39. The van der Waals surface area contributed by atoms with E-state index in [0.717, 1.165) is 12.8 Å². The van der Waals surface area contributed by atoms with Gasteiger partial charge in [-0.25, -0.2) is 0 Å². The van der Waals surface area contributed by atoms with Crippen LogP contribution in [0.1, 0.15) is 60.3 Å². The highest BCUT2D eigenvalue weighted by molar-refractivity contribution is 5.78. The average molecular weight is 213 g/mol. The van der Waals surface area contributed by atoms with Crippen LogP contribution in [0.15, 0.2) is 0 Å². The molecule has 90 valence electrons. The highest BCUT2D eigenvalue weighted by Gasteiger charge is 2.32. The Bertz CT molecular complexity index is 201. The van der Waals surface area contributed by atoms with Crippen LogP contribution in [0.4, 0.5) is 0 Å². The summed E-state index contributed by atoms with van der Waals surface area (Å²) in [5, 5.41) is 0. The third-order valence-corrected chi connectivity index (χ3v) is 3.72. The quantitative estimate of drug-likeness (QED) is 0.736. The number of carbonyl (C=O) groups excluding carboxylic acids is 1. The van der Waals surface area contributed by atoms with Crippen LogP contribution >= 0.6 is 0 Å². The Morgan fingerprint density at radius 1 is 1.07 bits per heavy atom. The molecule has 0 aromatic rings. The normalized spacial score (nSPS) is 12.9. The molecular weight excluding hydrogens is 186 g/mol. The minimum Gasteiger partial charge on any atom is -0.330 e. The number of Topliss-reactive ketones (excluding diaryl/α,β-unsaturated/α-hetero) is 1. The molecule has 2 nitrogen and oxygen atoms in total. The van der Waals surface area contributed by atoms with Gasteiger partial charge in [0.15, 0.2) is 0 Å². The van der Waals surface area contributed by atoms with Gasteiger partial charge in [-0.15, -0.1) is 0 Å². The summed E-state index contributed by atoms with van der Waals surface area (Å²) in [6.45, 7) is 11.8. The van der Waals surface area contributed by atoms with Crippen molar-refractivity contribution >= 4 is 5.78 Å².